The van der Waals surface area contributed by atoms with Crippen molar-refractivity contribution in [3.63, 3.8) is 0 Å². The van der Waals surface area contributed by atoms with Crippen molar-refractivity contribution in [2.75, 3.05) is 32.1 Å². The van der Waals surface area contributed by atoms with Crippen molar-refractivity contribution in [1.82, 2.24) is 5.32 Å². The Hall–Kier alpha value is -2.20. The molecule has 2 aromatic rings. The van der Waals surface area contributed by atoms with Gasteiger partial charge in [0.2, 0.25) is 0 Å². The molecule has 5 heteroatoms. The standard InChI is InChI=1S/C19H23ClN2O2/c1-22(2)17-9-5-15(6-10-17)4-3-13-21-19(23)14-24-18-11-7-16(20)8-12-18/h5-12H,3-4,13-14H2,1-2H3,(H,21,23). The maximum atomic E-state index is 11.7. The van der Waals surface area contributed by atoms with Gasteiger partial charge in [0.15, 0.2) is 6.61 Å². The quantitative estimate of drug-likeness (QED) is 0.743. The number of nitrogens with one attached hydrogen (secondary N) is 1. The maximum absolute atomic E-state index is 11.7. The fraction of sp³-hybridized carbons (Fsp3) is 0.316. The third kappa shape index (κ3) is 6.13. The molecule has 24 heavy (non-hydrogen) atoms. The van der Waals surface area contributed by atoms with Gasteiger partial charge in [0, 0.05) is 31.4 Å². The van der Waals surface area contributed by atoms with E-state index in [-0.39, 0.29) is 12.5 Å². The average Bonchev–Trinajstić information content (AvgIpc) is 2.58. The molecule has 0 radical (unpaired) electrons. The molecule has 0 heterocycles. The van der Waals surface area contributed by atoms with E-state index in [0.29, 0.717) is 17.3 Å². The highest BCUT2D eigenvalue weighted by Gasteiger charge is 2.03. The van der Waals surface area contributed by atoms with E-state index in [1.54, 1.807) is 24.3 Å². The number of ether oxygens (including phenoxy) is 1. The monoisotopic (exact) mass is 346 g/mol. The van der Waals surface area contributed by atoms with Gasteiger partial charge < -0.3 is 15.0 Å². The molecule has 2 aromatic carbocycles. The first-order chi connectivity index (χ1) is 11.5. The molecular weight excluding hydrogens is 324 g/mol. The van der Waals surface area contributed by atoms with E-state index >= 15 is 0 Å². The zero-order valence-electron chi connectivity index (χ0n) is 14.1. The van der Waals surface area contributed by atoms with Crippen LogP contribution in [0.1, 0.15) is 12.0 Å². The minimum Gasteiger partial charge on any atom is -0.484 e. The lowest BCUT2D eigenvalue weighted by Gasteiger charge is -2.12. The fourth-order valence-corrected chi connectivity index (χ4v) is 2.34. The van der Waals surface area contributed by atoms with E-state index in [1.165, 1.54) is 11.3 Å². The van der Waals surface area contributed by atoms with Gasteiger partial charge in [-0.25, -0.2) is 0 Å². The summed E-state index contributed by atoms with van der Waals surface area (Å²) < 4.78 is 5.40. The summed E-state index contributed by atoms with van der Waals surface area (Å²) in [5, 5.41) is 3.51. The molecule has 0 unspecified atom stereocenters. The predicted octanol–water partition coefficient (Wildman–Crippen LogP) is 3.53. The van der Waals surface area contributed by atoms with Crippen LogP contribution in [0.3, 0.4) is 0 Å². The van der Waals surface area contributed by atoms with Crippen LogP contribution in [0.2, 0.25) is 5.02 Å². The number of hydrogen-bond donors (Lipinski definition) is 1. The van der Waals surface area contributed by atoms with E-state index in [9.17, 15) is 4.79 Å². The number of nitrogens with zero attached hydrogens (tertiary/aromatic N) is 1. The van der Waals surface area contributed by atoms with Gasteiger partial charge in [-0.05, 0) is 54.8 Å². The summed E-state index contributed by atoms with van der Waals surface area (Å²) in [6.45, 7) is 0.650. The Balaban J connectivity index is 1.63. The maximum Gasteiger partial charge on any atom is 0.257 e. The third-order valence-corrected chi connectivity index (χ3v) is 3.85. The number of rotatable bonds is 8. The number of carbonyl (C=O) groups is 1. The molecule has 0 aliphatic heterocycles. The van der Waals surface area contributed by atoms with Crippen LogP contribution in [0.5, 0.6) is 5.75 Å². The molecule has 2 rings (SSSR count). The first-order valence-corrected chi connectivity index (χ1v) is 8.34. The summed E-state index contributed by atoms with van der Waals surface area (Å²) in [6.07, 6.45) is 1.83. The van der Waals surface area contributed by atoms with Gasteiger partial charge in [-0.1, -0.05) is 23.7 Å². The van der Waals surface area contributed by atoms with Crippen molar-refractivity contribution in [2.45, 2.75) is 12.8 Å². The van der Waals surface area contributed by atoms with Gasteiger partial charge in [-0.2, -0.15) is 0 Å². The number of carbonyl (C=O) groups excluding carboxylic acids is 1. The summed E-state index contributed by atoms with van der Waals surface area (Å²) in [5.74, 6) is 0.517. The largest absolute Gasteiger partial charge is 0.484 e. The average molecular weight is 347 g/mol. The first-order valence-electron chi connectivity index (χ1n) is 7.96. The lowest BCUT2D eigenvalue weighted by molar-refractivity contribution is -0.123. The normalized spacial score (nSPS) is 10.3. The second-order valence-corrected chi connectivity index (χ2v) is 6.19. The van der Waals surface area contributed by atoms with Gasteiger partial charge in [0.25, 0.3) is 5.91 Å². The molecule has 0 spiro atoms. The Kier molecular flexibility index (Phi) is 6.94. The second kappa shape index (κ2) is 9.18. The van der Waals surface area contributed by atoms with Gasteiger partial charge in [0.1, 0.15) is 5.75 Å². The lowest BCUT2D eigenvalue weighted by Crippen LogP contribution is -2.29. The number of anilines is 1. The number of halogens is 1. The van der Waals surface area contributed by atoms with Crippen molar-refractivity contribution < 1.29 is 9.53 Å². The van der Waals surface area contributed by atoms with E-state index < -0.39 is 0 Å². The molecule has 0 aliphatic carbocycles. The molecule has 0 aromatic heterocycles. The number of aryl methyl sites for hydroxylation is 1. The number of amides is 1. The number of hydrogen-bond acceptors (Lipinski definition) is 3. The molecule has 0 fully saturated rings. The summed E-state index contributed by atoms with van der Waals surface area (Å²) in [6, 6.07) is 15.4. The molecule has 0 atom stereocenters. The molecule has 0 bridgehead atoms. The van der Waals surface area contributed by atoms with Crippen LogP contribution in [0.25, 0.3) is 0 Å². The van der Waals surface area contributed by atoms with Gasteiger partial charge >= 0.3 is 0 Å². The molecule has 128 valence electrons. The van der Waals surface area contributed by atoms with Gasteiger partial charge in [0.05, 0.1) is 0 Å². The second-order valence-electron chi connectivity index (χ2n) is 5.76. The van der Waals surface area contributed by atoms with E-state index in [4.69, 9.17) is 16.3 Å². The van der Waals surface area contributed by atoms with Crippen LogP contribution in [0.15, 0.2) is 48.5 Å². The molecule has 1 amide bonds. The van der Waals surface area contributed by atoms with Crippen LogP contribution in [0.4, 0.5) is 5.69 Å². The van der Waals surface area contributed by atoms with Crippen molar-refractivity contribution >= 4 is 23.2 Å². The summed E-state index contributed by atoms with van der Waals surface area (Å²) >= 11 is 5.80. The van der Waals surface area contributed by atoms with E-state index in [2.05, 4.69) is 34.5 Å². The third-order valence-electron chi connectivity index (χ3n) is 3.60. The minimum absolute atomic E-state index is 0.0131. The highest BCUT2D eigenvalue weighted by Crippen LogP contribution is 2.15. The highest BCUT2D eigenvalue weighted by molar-refractivity contribution is 6.30. The fourth-order valence-electron chi connectivity index (χ4n) is 2.21. The zero-order chi connectivity index (χ0) is 17.4. The van der Waals surface area contributed by atoms with Crippen LogP contribution in [-0.4, -0.2) is 33.2 Å². The van der Waals surface area contributed by atoms with Crippen LogP contribution >= 0.6 is 11.6 Å². The first kappa shape index (κ1) is 18.1. The summed E-state index contributed by atoms with van der Waals surface area (Å²) in [5.41, 5.74) is 2.46. The Labute approximate surface area is 148 Å². The summed E-state index contributed by atoms with van der Waals surface area (Å²) in [7, 11) is 4.05. The number of benzene rings is 2. The molecule has 4 nitrogen and oxygen atoms in total. The predicted molar refractivity (Wildman–Crippen MR) is 99.0 cm³/mol. The van der Waals surface area contributed by atoms with Gasteiger partial charge in [-0.3, -0.25) is 4.79 Å². The Morgan fingerprint density at radius 2 is 1.75 bits per heavy atom. The minimum atomic E-state index is -0.118. The van der Waals surface area contributed by atoms with Crippen molar-refractivity contribution in [3.05, 3.63) is 59.1 Å². The van der Waals surface area contributed by atoms with Crippen LogP contribution in [-0.2, 0) is 11.2 Å². The van der Waals surface area contributed by atoms with Crippen molar-refractivity contribution in [2.24, 2.45) is 0 Å². The Morgan fingerprint density at radius 1 is 1.08 bits per heavy atom. The molecule has 0 aliphatic rings. The van der Waals surface area contributed by atoms with Crippen LogP contribution < -0.4 is 15.0 Å². The smallest absolute Gasteiger partial charge is 0.257 e. The van der Waals surface area contributed by atoms with Crippen molar-refractivity contribution in [1.29, 1.82) is 0 Å². The SMILES string of the molecule is CN(C)c1ccc(CCCNC(=O)COc2ccc(Cl)cc2)cc1. The Morgan fingerprint density at radius 3 is 2.38 bits per heavy atom. The molecular formula is C19H23ClN2O2. The van der Waals surface area contributed by atoms with E-state index in [1.807, 2.05) is 14.1 Å². The topological polar surface area (TPSA) is 41.6 Å². The molecule has 0 saturated carbocycles. The van der Waals surface area contributed by atoms with Crippen LogP contribution in [0, 0.1) is 0 Å². The zero-order valence-corrected chi connectivity index (χ0v) is 14.8. The molecule has 0 saturated heterocycles. The van der Waals surface area contributed by atoms with E-state index in [0.717, 1.165) is 12.8 Å². The van der Waals surface area contributed by atoms with Gasteiger partial charge in [-0.15, -0.1) is 0 Å². The lowest BCUT2D eigenvalue weighted by atomic mass is 10.1. The highest BCUT2D eigenvalue weighted by atomic mass is 35.5. The van der Waals surface area contributed by atoms with Crippen molar-refractivity contribution in [3.8, 4) is 5.75 Å². The molecule has 1 N–H and O–H groups in total. The summed E-state index contributed by atoms with van der Waals surface area (Å²) in [4.78, 5) is 13.8. The Bertz CT molecular complexity index is 639.